The summed E-state index contributed by atoms with van der Waals surface area (Å²) in [7, 11) is 0. The highest BCUT2D eigenvalue weighted by Gasteiger charge is 2.50. The summed E-state index contributed by atoms with van der Waals surface area (Å²) in [5.41, 5.74) is 0. The summed E-state index contributed by atoms with van der Waals surface area (Å²) in [6, 6.07) is 0. The maximum Gasteiger partial charge on any atom is 0.305 e. The number of rotatable bonds is 4. The third kappa shape index (κ3) is 4.66. The summed E-state index contributed by atoms with van der Waals surface area (Å²) >= 11 is 0. The van der Waals surface area contributed by atoms with Crippen molar-refractivity contribution < 1.29 is 43.5 Å². The van der Waals surface area contributed by atoms with E-state index < -0.39 is 55.2 Å². The van der Waals surface area contributed by atoms with Crippen LogP contribution in [0.25, 0.3) is 0 Å². The lowest BCUT2D eigenvalue weighted by atomic mass is 9.98. The second-order valence-corrected chi connectivity index (χ2v) is 4.47. The van der Waals surface area contributed by atoms with Crippen LogP contribution in [0.1, 0.15) is 20.8 Å². The molecule has 0 aromatic heterocycles. The summed E-state index contributed by atoms with van der Waals surface area (Å²) in [5.74, 6) is -2.21. The zero-order chi connectivity index (χ0) is 16.2. The fraction of sp³-hybridized carbons (Fsp3) is 0.750. The van der Waals surface area contributed by atoms with Crippen LogP contribution in [-0.2, 0) is 33.3 Å². The Morgan fingerprint density at radius 1 is 0.952 bits per heavy atom. The lowest BCUT2D eigenvalue weighted by Gasteiger charge is -2.41. The monoisotopic (exact) mass is 306 g/mol. The first-order valence-electron chi connectivity index (χ1n) is 6.22. The Morgan fingerprint density at radius 2 is 1.43 bits per heavy atom. The Morgan fingerprint density at radius 3 is 1.86 bits per heavy atom. The van der Waals surface area contributed by atoms with Crippen LogP contribution in [-0.4, -0.2) is 65.4 Å². The van der Waals surface area contributed by atoms with Gasteiger partial charge in [-0.15, -0.1) is 0 Å². The van der Waals surface area contributed by atoms with Crippen LogP contribution in [0.3, 0.4) is 0 Å². The maximum atomic E-state index is 11.1. The van der Waals surface area contributed by atoms with Crippen molar-refractivity contribution in [2.24, 2.45) is 0 Å². The summed E-state index contributed by atoms with van der Waals surface area (Å²) in [4.78, 5) is 33.3. The second kappa shape index (κ2) is 7.34. The van der Waals surface area contributed by atoms with Crippen molar-refractivity contribution in [1.82, 2.24) is 0 Å². The van der Waals surface area contributed by atoms with Crippen molar-refractivity contribution in [3.63, 3.8) is 0 Å². The van der Waals surface area contributed by atoms with E-state index in [1.165, 1.54) is 0 Å². The standard InChI is InChI=1S/C12H18O9/c1-5(14)18-10-9(17)8(4-13)21-12(20-7(3)16)11(10)19-6(2)15/h8-13,17H,4H2,1-3H3/t8?,9-,10?,11?,12-/m0/s1. The van der Waals surface area contributed by atoms with Crippen molar-refractivity contribution in [3.8, 4) is 0 Å². The molecule has 0 aliphatic carbocycles. The predicted molar refractivity (Wildman–Crippen MR) is 64.6 cm³/mol. The Kier molecular flexibility index (Phi) is 6.06. The van der Waals surface area contributed by atoms with Crippen LogP contribution in [0, 0.1) is 0 Å². The number of aliphatic hydroxyl groups is 2. The van der Waals surface area contributed by atoms with Gasteiger partial charge in [0, 0.05) is 20.8 Å². The minimum atomic E-state index is -1.45. The van der Waals surface area contributed by atoms with E-state index in [-0.39, 0.29) is 0 Å². The molecule has 3 unspecified atom stereocenters. The number of carbonyl (C=O) groups is 3. The van der Waals surface area contributed by atoms with Crippen molar-refractivity contribution >= 4 is 17.9 Å². The fourth-order valence-electron chi connectivity index (χ4n) is 1.94. The van der Waals surface area contributed by atoms with Gasteiger partial charge in [0.05, 0.1) is 6.61 Å². The number of carbonyl (C=O) groups excluding carboxylic acids is 3. The molecular formula is C12H18O9. The quantitative estimate of drug-likeness (QED) is 0.470. The van der Waals surface area contributed by atoms with Gasteiger partial charge in [0.15, 0.2) is 6.10 Å². The molecule has 9 nitrogen and oxygen atoms in total. The van der Waals surface area contributed by atoms with E-state index in [0.29, 0.717) is 0 Å². The number of hydrogen-bond acceptors (Lipinski definition) is 9. The first kappa shape index (κ1) is 17.3. The molecule has 2 N–H and O–H groups in total. The average Bonchev–Trinajstić information content (AvgIpc) is 2.35. The fourth-order valence-corrected chi connectivity index (χ4v) is 1.94. The lowest BCUT2D eigenvalue weighted by molar-refractivity contribution is -0.297. The van der Waals surface area contributed by atoms with E-state index in [2.05, 4.69) is 0 Å². The van der Waals surface area contributed by atoms with Gasteiger partial charge in [-0.05, 0) is 0 Å². The predicted octanol–water partition coefficient (Wildman–Crippen LogP) is -1.51. The van der Waals surface area contributed by atoms with E-state index in [9.17, 15) is 19.5 Å². The third-order valence-corrected chi connectivity index (χ3v) is 2.68. The maximum absolute atomic E-state index is 11.1. The van der Waals surface area contributed by atoms with Gasteiger partial charge in [-0.25, -0.2) is 0 Å². The minimum absolute atomic E-state index is 0.608. The molecule has 1 heterocycles. The zero-order valence-electron chi connectivity index (χ0n) is 11.8. The zero-order valence-corrected chi connectivity index (χ0v) is 11.8. The molecule has 1 aliphatic rings. The first-order chi connectivity index (χ1) is 9.76. The minimum Gasteiger partial charge on any atom is -0.455 e. The molecule has 9 heteroatoms. The molecule has 0 amide bonds. The van der Waals surface area contributed by atoms with Crippen LogP contribution in [0.15, 0.2) is 0 Å². The van der Waals surface area contributed by atoms with E-state index in [1.54, 1.807) is 0 Å². The number of ether oxygens (including phenoxy) is 4. The highest BCUT2D eigenvalue weighted by atomic mass is 16.7. The number of hydrogen-bond donors (Lipinski definition) is 2. The second-order valence-electron chi connectivity index (χ2n) is 4.47. The van der Waals surface area contributed by atoms with Gasteiger partial charge in [0.2, 0.25) is 12.4 Å². The van der Waals surface area contributed by atoms with Crippen molar-refractivity contribution in [2.45, 2.75) is 51.5 Å². The molecule has 0 aromatic rings. The summed E-state index contributed by atoms with van der Waals surface area (Å²) in [5, 5.41) is 19.2. The lowest BCUT2D eigenvalue weighted by Crippen LogP contribution is -2.61. The smallest absolute Gasteiger partial charge is 0.305 e. The van der Waals surface area contributed by atoms with E-state index in [4.69, 9.17) is 24.1 Å². The van der Waals surface area contributed by atoms with E-state index in [0.717, 1.165) is 20.8 Å². The van der Waals surface area contributed by atoms with Crippen molar-refractivity contribution in [1.29, 1.82) is 0 Å². The van der Waals surface area contributed by atoms with Gasteiger partial charge < -0.3 is 29.2 Å². The van der Waals surface area contributed by atoms with Gasteiger partial charge >= 0.3 is 17.9 Å². The van der Waals surface area contributed by atoms with E-state index >= 15 is 0 Å². The normalized spacial score (nSPS) is 32.1. The Balaban J connectivity index is 3.05. The summed E-state index contributed by atoms with van der Waals surface area (Å²) in [6.07, 6.45) is -6.69. The van der Waals surface area contributed by atoms with Gasteiger partial charge in [-0.3, -0.25) is 14.4 Å². The van der Waals surface area contributed by atoms with Crippen LogP contribution >= 0.6 is 0 Å². The molecular weight excluding hydrogens is 288 g/mol. The molecule has 1 aliphatic heterocycles. The molecule has 21 heavy (non-hydrogen) atoms. The molecule has 1 rings (SSSR count). The molecule has 0 spiro atoms. The topological polar surface area (TPSA) is 129 Å². The summed E-state index contributed by atoms with van der Waals surface area (Å²) < 4.78 is 19.9. The SMILES string of the molecule is CC(=O)OC1C(OC(C)=O)[C@@H](O)C(CO)O[C@@H]1OC(C)=O. The van der Waals surface area contributed by atoms with Gasteiger partial charge in [0.25, 0.3) is 0 Å². The molecule has 0 aromatic carbocycles. The van der Waals surface area contributed by atoms with Crippen molar-refractivity contribution in [2.75, 3.05) is 6.61 Å². The summed E-state index contributed by atoms with van der Waals surface area (Å²) in [6.45, 7) is 2.69. The average molecular weight is 306 g/mol. The molecule has 1 fully saturated rings. The molecule has 5 atom stereocenters. The first-order valence-corrected chi connectivity index (χ1v) is 6.22. The third-order valence-electron chi connectivity index (χ3n) is 2.68. The van der Waals surface area contributed by atoms with Gasteiger partial charge in [-0.2, -0.15) is 0 Å². The van der Waals surface area contributed by atoms with Gasteiger partial charge in [0.1, 0.15) is 12.2 Å². The van der Waals surface area contributed by atoms with Crippen LogP contribution < -0.4 is 0 Å². The number of esters is 3. The van der Waals surface area contributed by atoms with Gasteiger partial charge in [-0.1, -0.05) is 0 Å². The molecule has 0 radical (unpaired) electrons. The van der Waals surface area contributed by atoms with Crippen LogP contribution in [0.4, 0.5) is 0 Å². The molecule has 0 saturated carbocycles. The van der Waals surface area contributed by atoms with E-state index in [1.807, 2.05) is 0 Å². The highest BCUT2D eigenvalue weighted by molar-refractivity contribution is 5.68. The molecule has 1 saturated heterocycles. The Labute approximate surface area is 120 Å². The highest BCUT2D eigenvalue weighted by Crippen LogP contribution is 2.27. The van der Waals surface area contributed by atoms with Crippen molar-refractivity contribution in [3.05, 3.63) is 0 Å². The molecule has 120 valence electrons. The Bertz CT molecular complexity index is 408. The van der Waals surface area contributed by atoms with Crippen LogP contribution in [0.5, 0.6) is 0 Å². The Hall–Kier alpha value is -1.71. The largest absolute Gasteiger partial charge is 0.455 e. The van der Waals surface area contributed by atoms with Crippen LogP contribution in [0.2, 0.25) is 0 Å². The molecule has 0 bridgehead atoms. The number of aliphatic hydroxyl groups excluding tert-OH is 2.